The Hall–Kier alpha value is -2.83. The first-order valence-corrected chi connectivity index (χ1v) is 9.98. The molecule has 0 unspecified atom stereocenters. The molecule has 0 spiro atoms. The Bertz CT molecular complexity index is 833. The highest BCUT2D eigenvalue weighted by Crippen LogP contribution is 2.23. The number of aryl methyl sites for hydroxylation is 1. The van der Waals surface area contributed by atoms with E-state index in [2.05, 4.69) is 15.7 Å². The molecule has 0 saturated carbocycles. The van der Waals surface area contributed by atoms with Gasteiger partial charge in [-0.3, -0.25) is 4.79 Å². The summed E-state index contributed by atoms with van der Waals surface area (Å²) in [5.41, 5.74) is 3.02. The van der Waals surface area contributed by atoms with Gasteiger partial charge in [0.05, 0.1) is 23.1 Å². The van der Waals surface area contributed by atoms with Crippen LogP contribution in [0.3, 0.4) is 0 Å². The molecule has 2 aromatic rings. The molecule has 1 heterocycles. The molecule has 0 radical (unpaired) electrons. The maximum atomic E-state index is 12.7. The Morgan fingerprint density at radius 3 is 2.31 bits per heavy atom. The number of hydrogen-bond donors (Lipinski definition) is 2. The summed E-state index contributed by atoms with van der Waals surface area (Å²) in [4.78, 5) is 24.3. The summed E-state index contributed by atoms with van der Waals surface area (Å²) in [5.74, 6) is -0.0299. The summed E-state index contributed by atoms with van der Waals surface area (Å²) < 4.78 is 7.00. The molecule has 0 fully saturated rings. The average Bonchev–Trinajstić information content (AvgIpc) is 3.05. The van der Waals surface area contributed by atoms with Crippen LogP contribution in [0.4, 0.5) is 4.79 Å². The molecule has 0 aliphatic rings. The molecule has 0 aliphatic heterocycles. The molecule has 0 aliphatic carbocycles. The first-order valence-electron chi connectivity index (χ1n) is 9.98. The summed E-state index contributed by atoms with van der Waals surface area (Å²) >= 11 is 0. The van der Waals surface area contributed by atoms with Crippen LogP contribution >= 0.6 is 0 Å². The van der Waals surface area contributed by atoms with Crippen LogP contribution in [0.25, 0.3) is 5.69 Å². The average molecular weight is 401 g/mol. The predicted molar refractivity (Wildman–Crippen MR) is 114 cm³/mol. The van der Waals surface area contributed by atoms with E-state index in [1.54, 1.807) is 6.20 Å². The molecule has 158 valence electrons. The van der Waals surface area contributed by atoms with Crippen LogP contribution < -0.4 is 10.6 Å². The Morgan fingerprint density at radius 1 is 1.10 bits per heavy atom. The van der Waals surface area contributed by atoms with Crippen molar-refractivity contribution in [3.8, 4) is 5.69 Å². The van der Waals surface area contributed by atoms with Crippen molar-refractivity contribution in [1.82, 2.24) is 20.4 Å². The Morgan fingerprint density at radius 2 is 1.72 bits per heavy atom. The number of nitrogens with one attached hydrogen (secondary N) is 2. The summed E-state index contributed by atoms with van der Waals surface area (Å²) in [5, 5.41) is 10.0. The zero-order valence-corrected chi connectivity index (χ0v) is 18.2. The second-order valence-electron chi connectivity index (χ2n) is 8.38. The first kappa shape index (κ1) is 22.5. The van der Waals surface area contributed by atoms with Crippen LogP contribution in [-0.4, -0.2) is 40.5 Å². The molecule has 0 bridgehead atoms. The highest BCUT2D eigenvalue weighted by molar-refractivity contribution is 5.95. The molecule has 7 nitrogen and oxygen atoms in total. The van der Waals surface area contributed by atoms with Gasteiger partial charge in [-0.15, -0.1) is 0 Å². The van der Waals surface area contributed by atoms with Crippen molar-refractivity contribution < 1.29 is 14.3 Å². The molecule has 1 aromatic carbocycles. The van der Waals surface area contributed by atoms with Gasteiger partial charge in [0.2, 0.25) is 0 Å². The zero-order valence-electron chi connectivity index (χ0n) is 18.2. The van der Waals surface area contributed by atoms with Gasteiger partial charge >= 0.3 is 6.09 Å². The summed E-state index contributed by atoms with van der Waals surface area (Å²) in [7, 11) is 0. The lowest BCUT2D eigenvalue weighted by molar-refractivity contribution is 0.0527. The minimum Gasteiger partial charge on any atom is -0.444 e. The highest BCUT2D eigenvalue weighted by Gasteiger charge is 2.20. The van der Waals surface area contributed by atoms with E-state index in [0.29, 0.717) is 25.1 Å². The van der Waals surface area contributed by atoms with E-state index in [1.165, 1.54) is 5.56 Å². The van der Waals surface area contributed by atoms with E-state index in [9.17, 15) is 9.59 Å². The molecule has 2 rings (SSSR count). The smallest absolute Gasteiger partial charge is 0.407 e. The maximum absolute atomic E-state index is 12.7. The van der Waals surface area contributed by atoms with Crippen molar-refractivity contribution in [2.45, 2.75) is 59.5 Å². The molecule has 0 atom stereocenters. The number of rotatable bonds is 7. The van der Waals surface area contributed by atoms with Gasteiger partial charge in [0, 0.05) is 13.1 Å². The molecule has 7 heteroatoms. The van der Waals surface area contributed by atoms with Crippen molar-refractivity contribution in [2.75, 3.05) is 13.1 Å². The normalized spacial score (nSPS) is 11.4. The molecule has 29 heavy (non-hydrogen) atoms. The van der Waals surface area contributed by atoms with Crippen LogP contribution in [0.2, 0.25) is 0 Å². The molecule has 2 N–H and O–H groups in total. The number of carbonyl (C=O) groups excluding carboxylic acids is 2. The second kappa shape index (κ2) is 9.58. The van der Waals surface area contributed by atoms with Crippen molar-refractivity contribution in [3.05, 3.63) is 47.3 Å². The number of carbonyl (C=O) groups is 2. The van der Waals surface area contributed by atoms with E-state index < -0.39 is 11.7 Å². The summed E-state index contributed by atoms with van der Waals surface area (Å²) in [6, 6.07) is 8.05. The van der Waals surface area contributed by atoms with Crippen molar-refractivity contribution in [1.29, 1.82) is 0 Å². The van der Waals surface area contributed by atoms with Crippen LogP contribution in [0.1, 0.15) is 68.6 Å². The number of nitrogens with zero attached hydrogens (tertiary/aromatic N) is 2. The number of aromatic nitrogens is 2. The van der Waals surface area contributed by atoms with Gasteiger partial charge in [-0.2, -0.15) is 5.10 Å². The molecule has 2 amide bonds. The third-order valence-corrected chi connectivity index (χ3v) is 4.18. The minimum atomic E-state index is -0.525. The van der Waals surface area contributed by atoms with Gasteiger partial charge in [-0.05, 0) is 52.2 Å². The fourth-order valence-electron chi connectivity index (χ4n) is 2.87. The number of amides is 2. The molecular weight excluding hydrogens is 368 g/mol. The van der Waals surface area contributed by atoms with Crippen LogP contribution in [-0.2, 0) is 4.74 Å². The van der Waals surface area contributed by atoms with Crippen LogP contribution in [0, 0.1) is 6.92 Å². The topological polar surface area (TPSA) is 85.3 Å². The summed E-state index contributed by atoms with van der Waals surface area (Å²) in [6.45, 7) is 12.4. The Kier molecular flexibility index (Phi) is 7.42. The van der Waals surface area contributed by atoms with Gasteiger partial charge in [-0.25, -0.2) is 9.48 Å². The third-order valence-electron chi connectivity index (χ3n) is 4.18. The van der Waals surface area contributed by atoms with Crippen molar-refractivity contribution in [2.24, 2.45) is 0 Å². The molecular formula is C22H32N4O3. The van der Waals surface area contributed by atoms with Crippen LogP contribution in [0.5, 0.6) is 0 Å². The van der Waals surface area contributed by atoms with E-state index in [0.717, 1.165) is 11.4 Å². The lowest BCUT2D eigenvalue weighted by Crippen LogP contribution is -2.34. The number of benzene rings is 1. The summed E-state index contributed by atoms with van der Waals surface area (Å²) in [6.07, 6.45) is 1.77. The van der Waals surface area contributed by atoms with Gasteiger partial charge in [0.25, 0.3) is 5.91 Å². The Balaban J connectivity index is 1.94. The molecule has 1 aromatic heterocycles. The highest BCUT2D eigenvalue weighted by atomic mass is 16.6. The predicted octanol–water partition coefficient (Wildman–Crippen LogP) is 3.95. The monoisotopic (exact) mass is 400 g/mol. The lowest BCUT2D eigenvalue weighted by atomic mass is 10.0. The fraction of sp³-hybridized carbons (Fsp3) is 0.500. The standard InChI is InChI=1S/C22H32N4O3/c1-15(2)19-18(14-25-26(19)17-10-8-16(3)9-11-17)20(27)23-12-7-13-24-21(28)29-22(4,5)6/h8-11,14-15H,7,12-13H2,1-6H3,(H,23,27)(H,24,28). The second-order valence-corrected chi connectivity index (χ2v) is 8.38. The first-order chi connectivity index (χ1) is 13.6. The van der Waals surface area contributed by atoms with E-state index in [1.807, 2.05) is 70.5 Å². The van der Waals surface area contributed by atoms with Crippen molar-refractivity contribution >= 4 is 12.0 Å². The SMILES string of the molecule is Cc1ccc(-n2ncc(C(=O)NCCCNC(=O)OC(C)(C)C)c2C(C)C)cc1. The van der Waals surface area contributed by atoms with E-state index in [4.69, 9.17) is 4.74 Å². The van der Waals surface area contributed by atoms with Crippen LogP contribution in [0.15, 0.2) is 30.5 Å². The zero-order chi connectivity index (χ0) is 21.6. The quantitative estimate of drug-likeness (QED) is 0.689. The third kappa shape index (κ3) is 6.62. The number of hydrogen-bond acceptors (Lipinski definition) is 4. The van der Waals surface area contributed by atoms with Gasteiger partial charge in [0.15, 0.2) is 0 Å². The van der Waals surface area contributed by atoms with E-state index >= 15 is 0 Å². The maximum Gasteiger partial charge on any atom is 0.407 e. The van der Waals surface area contributed by atoms with E-state index in [-0.39, 0.29) is 11.8 Å². The number of ether oxygens (including phenoxy) is 1. The van der Waals surface area contributed by atoms with Gasteiger partial charge in [-0.1, -0.05) is 31.5 Å². The lowest BCUT2D eigenvalue weighted by Gasteiger charge is -2.19. The van der Waals surface area contributed by atoms with Gasteiger partial charge < -0.3 is 15.4 Å². The van der Waals surface area contributed by atoms with Gasteiger partial charge in [0.1, 0.15) is 5.60 Å². The van der Waals surface area contributed by atoms with Crippen molar-refractivity contribution in [3.63, 3.8) is 0 Å². The minimum absolute atomic E-state index is 0.133. The largest absolute Gasteiger partial charge is 0.444 e. The fourth-order valence-corrected chi connectivity index (χ4v) is 2.87. The molecule has 0 saturated heterocycles. The Labute approximate surface area is 172 Å². The number of alkyl carbamates (subject to hydrolysis) is 1.